The number of hydrogen-bond acceptors (Lipinski definition) is 8. The first-order chi connectivity index (χ1) is 16.5. The summed E-state index contributed by atoms with van der Waals surface area (Å²) in [5, 5.41) is 0.511. The molecule has 0 aliphatic rings. The fourth-order valence-corrected chi connectivity index (χ4v) is 5.22. The molecule has 0 aliphatic heterocycles. The number of nitrogen functional groups attached to an aromatic ring is 1. The Bertz CT molecular complexity index is 1190. The van der Waals surface area contributed by atoms with Gasteiger partial charge in [0.25, 0.3) is 0 Å². The number of imidazole rings is 1. The highest BCUT2D eigenvalue weighted by Gasteiger charge is 2.38. The molecule has 0 saturated heterocycles. The van der Waals surface area contributed by atoms with Gasteiger partial charge in [-0.3, -0.25) is 4.57 Å². The van der Waals surface area contributed by atoms with Gasteiger partial charge in [0.15, 0.2) is 5.65 Å². The lowest BCUT2D eigenvalue weighted by Crippen LogP contribution is -2.20. The van der Waals surface area contributed by atoms with Crippen LogP contribution in [-0.4, -0.2) is 55.8 Å². The van der Waals surface area contributed by atoms with Crippen LogP contribution in [0.5, 0.6) is 5.75 Å². The molecule has 0 bridgehead atoms. The topological polar surface area (TPSA) is 125 Å². The lowest BCUT2D eigenvalue weighted by Gasteiger charge is -2.18. The maximum atomic E-state index is 12.5. The second-order valence-corrected chi connectivity index (χ2v) is 11.2. The van der Waals surface area contributed by atoms with E-state index in [-0.39, 0.29) is 12.5 Å². The zero-order chi connectivity index (χ0) is 25.6. The van der Waals surface area contributed by atoms with Crippen LogP contribution in [0.2, 0.25) is 0 Å². The molecule has 9 nitrogen and oxygen atoms in total. The Labute approximate surface area is 204 Å². The lowest BCUT2D eigenvalue weighted by molar-refractivity contribution is -0.108. The van der Waals surface area contributed by atoms with Gasteiger partial charge in [-0.25, -0.2) is 9.97 Å². The number of halogens is 3. The van der Waals surface area contributed by atoms with Crippen LogP contribution in [0.1, 0.15) is 26.7 Å². The van der Waals surface area contributed by atoms with E-state index in [1.54, 1.807) is 11.5 Å². The summed E-state index contributed by atoms with van der Waals surface area (Å²) < 4.78 is 61.9. The molecule has 0 saturated carbocycles. The molecule has 0 fully saturated rings. The summed E-state index contributed by atoms with van der Waals surface area (Å²) in [6.07, 6.45) is -4.73. The van der Waals surface area contributed by atoms with Gasteiger partial charge in [-0.15, -0.1) is 0 Å². The smallest absolute Gasteiger partial charge is 0.398 e. The van der Waals surface area contributed by atoms with Gasteiger partial charge in [0, 0.05) is 0 Å². The summed E-state index contributed by atoms with van der Waals surface area (Å²) in [4.78, 5) is 23.3. The SMILES string of the molecule is CCCCOc1ccccc1Sc1nc(N)nc2c1ncn2CC(C)OCP(=O)(O)CC(F)(F)F. The van der Waals surface area contributed by atoms with E-state index in [1.807, 2.05) is 24.3 Å². The fourth-order valence-electron chi connectivity index (χ4n) is 3.12. The van der Waals surface area contributed by atoms with Gasteiger partial charge in [-0.1, -0.05) is 37.2 Å². The number of rotatable bonds is 12. The molecular formula is C21H27F3N5O4PS. The van der Waals surface area contributed by atoms with Gasteiger partial charge in [0.05, 0.1) is 30.5 Å². The highest BCUT2D eigenvalue weighted by Crippen LogP contribution is 2.45. The second-order valence-electron chi connectivity index (χ2n) is 7.93. The number of unbranched alkanes of at least 4 members (excludes halogenated alkanes) is 1. The Balaban J connectivity index is 1.75. The van der Waals surface area contributed by atoms with Crippen LogP contribution in [0.3, 0.4) is 0 Å². The molecule has 3 rings (SSSR count). The summed E-state index contributed by atoms with van der Waals surface area (Å²) in [7, 11) is -4.51. The van der Waals surface area contributed by atoms with Gasteiger partial charge < -0.3 is 24.7 Å². The molecule has 35 heavy (non-hydrogen) atoms. The van der Waals surface area contributed by atoms with E-state index in [1.165, 1.54) is 18.1 Å². The molecule has 14 heteroatoms. The normalized spacial score (nSPS) is 14.7. The minimum absolute atomic E-state index is 0.0183. The van der Waals surface area contributed by atoms with Crippen molar-refractivity contribution in [2.45, 2.75) is 55.4 Å². The fraction of sp³-hybridized carbons (Fsp3) is 0.476. The van der Waals surface area contributed by atoms with Crippen LogP contribution in [0, 0.1) is 0 Å². The van der Waals surface area contributed by atoms with E-state index in [2.05, 4.69) is 21.9 Å². The van der Waals surface area contributed by atoms with E-state index >= 15 is 0 Å². The van der Waals surface area contributed by atoms with E-state index in [9.17, 15) is 22.6 Å². The van der Waals surface area contributed by atoms with Gasteiger partial charge in [-0.05, 0) is 25.5 Å². The van der Waals surface area contributed by atoms with Crippen LogP contribution in [0.25, 0.3) is 11.2 Å². The number of anilines is 1. The van der Waals surface area contributed by atoms with Crippen molar-refractivity contribution in [1.29, 1.82) is 0 Å². The molecule has 2 unspecified atom stereocenters. The number of nitrogens with two attached hydrogens (primary N) is 1. The number of ether oxygens (including phenoxy) is 2. The molecule has 0 radical (unpaired) electrons. The molecule has 0 amide bonds. The van der Waals surface area contributed by atoms with Crippen LogP contribution in [0.4, 0.5) is 19.1 Å². The number of nitrogens with zero attached hydrogens (tertiary/aromatic N) is 4. The summed E-state index contributed by atoms with van der Waals surface area (Å²) in [6.45, 7) is 4.37. The van der Waals surface area contributed by atoms with E-state index < -0.39 is 32.2 Å². The second kappa shape index (κ2) is 11.6. The number of para-hydroxylation sites is 1. The number of hydrogen-bond donors (Lipinski definition) is 2. The lowest BCUT2D eigenvalue weighted by atomic mass is 10.3. The first-order valence-electron chi connectivity index (χ1n) is 10.8. The van der Waals surface area contributed by atoms with Gasteiger partial charge in [0.2, 0.25) is 13.3 Å². The number of fused-ring (bicyclic) bond motifs is 1. The van der Waals surface area contributed by atoms with Crippen molar-refractivity contribution >= 4 is 36.2 Å². The summed E-state index contributed by atoms with van der Waals surface area (Å²) >= 11 is 1.33. The number of benzene rings is 1. The molecule has 192 valence electrons. The first-order valence-corrected chi connectivity index (χ1v) is 13.7. The Hall–Kier alpha value is -2.34. The van der Waals surface area contributed by atoms with Crippen molar-refractivity contribution in [3.05, 3.63) is 30.6 Å². The maximum absolute atomic E-state index is 12.5. The van der Waals surface area contributed by atoms with Crippen molar-refractivity contribution < 1.29 is 32.1 Å². The zero-order valence-electron chi connectivity index (χ0n) is 19.2. The molecule has 0 aliphatic carbocycles. The predicted octanol–water partition coefficient (Wildman–Crippen LogP) is 4.93. The van der Waals surface area contributed by atoms with Crippen LogP contribution in [0.15, 0.2) is 40.5 Å². The summed E-state index contributed by atoms with van der Waals surface area (Å²) in [5.41, 5.74) is 6.81. The van der Waals surface area contributed by atoms with Gasteiger partial charge >= 0.3 is 6.18 Å². The van der Waals surface area contributed by atoms with Crippen molar-refractivity contribution in [3.8, 4) is 5.75 Å². The Morgan fingerprint density at radius 2 is 2.03 bits per heavy atom. The number of aromatic nitrogens is 4. The quantitative estimate of drug-likeness (QED) is 0.189. The van der Waals surface area contributed by atoms with Crippen LogP contribution < -0.4 is 10.5 Å². The Kier molecular flexibility index (Phi) is 9.03. The van der Waals surface area contributed by atoms with Crippen molar-refractivity contribution in [2.75, 3.05) is 24.9 Å². The number of alkyl halides is 3. The molecule has 2 atom stereocenters. The van der Waals surface area contributed by atoms with Crippen molar-refractivity contribution in [3.63, 3.8) is 0 Å². The minimum atomic E-state index is -4.75. The molecule has 3 aromatic rings. The first kappa shape index (κ1) is 27.3. The van der Waals surface area contributed by atoms with E-state index in [0.29, 0.717) is 28.5 Å². The van der Waals surface area contributed by atoms with Crippen molar-refractivity contribution in [1.82, 2.24) is 19.5 Å². The Morgan fingerprint density at radius 3 is 2.74 bits per heavy atom. The Morgan fingerprint density at radius 1 is 1.29 bits per heavy atom. The highest BCUT2D eigenvalue weighted by atomic mass is 32.2. The van der Waals surface area contributed by atoms with Gasteiger partial charge in [-0.2, -0.15) is 18.2 Å². The molecular weight excluding hydrogens is 506 g/mol. The van der Waals surface area contributed by atoms with Crippen LogP contribution in [-0.2, 0) is 15.8 Å². The third kappa shape index (κ3) is 8.09. The van der Waals surface area contributed by atoms with E-state index in [0.717, 1.165) is 17.7 Å². The van der Waals surface area contributed by atoms with Crippen molar-refractivity contribution in [2.24, 2.45) is 0 Å². The minimum Gasteiger partial charge on any atom is -0.492 e. The largest absolute Gasteiger partial charge is 0.492 e. The third-order valence-electron chi connectivity index (χ3n) is 4.70. The highest BCUT2D eigenvalue weighted by molar-refractivity contribution is 7.99. The van der Waals surface area contributed by atoms with Crippen LogP contribution >= 0.6 is 19.1 Å². The standard InChI is InChI=1S/C21H27F3N5O4PS/c1-3-4-9-32-15-7-5-6-8-16(15)35-19-17-18(27-20(25)28-19)29(12-26-17)10-14(2)33-13-34(30,31)11-21(22,23)24/h5-8,12,14H,3-4,9-11,13H2,1-2H3,(H,30,31)(H2,25,27,28). The average Bonchev–Trinajstić information content (AvgIpc) is 3.14. The zero-order valence-corrected chi connectivity index (χ0v) is 20.9. The third-order valence-corrected chi connectivity index (χ3v) is 7.14. The summed E-state index contributed by atoms with van der Waals surface area (Å²) in [6, 6.07) is 7.53. The molecule has 0 spiro atoms. The average molecular weight is 534 g/mol. The van der Waals surface area contributed by atoms with E-state index in [4.69, 9.17) is 15.2 Å². The predicted molar refractivity (Wildman–Crippen MR) is 127 cm³/mol. The molecule has 3 N–H and O–H groups in total. The molecule has 1 aromatic carbocycles. The molecule has 2 aromatic heterocycles. The monoisotopic (exact) mass is 533 g/mol. The summed E-state index contributed by atoms with van der Waals surface area (Å²) in [5.74, 6) is 0.731. The maximum Gasteiger partial charge on any atom is 0.398 e. The molecule has 2 heterocycles. The van der Waals surface area contributed by atoms with Gasteiger partial charge in [0.1, 0.15) is 28.8 Å².